The minimum Gasteiger partial charge on any atom is -0.508 e. The topological polar surface area (TPSA) is 371 Å². The average Bonchev–Trinajstić information content (AvgIpc) is 3.75. The minimum absolute atomic E-state index is 0.0453. The fourth-order valence-corrected chi connectivity index (χ4v) is 7.06. The molecule has 14 unspecified atom stereocenters. The number of aliphatic hydroxyl groups excluding tert-OH is 7. The quantitative estimate of drug-likeness (QED) is 0.114. The number of carbonyl (C=O) groups excluding carboxylic acids is 6. The Morgan fingerprint density at radius 1 is 0.789 bits per heavy atom. The summed E-state index contributed by atoms with van der Waals surface area (Å²) in [6.07, 6.45) is -13.4. The number of nitrogens with two attached hydrogens (primary N) is 2. The molecule has 0 aliphatic carbocycles. The summed E-state index contributed by atoms with van der Waals surface area (Å²) in [5.74, 6) is -7.00. The van der Waals surface area contributed by atoms with Crippen LogP contribution in [-0.2, 0) is 28.8 Å². The maximum atomic E-state index is 14.2. The maximum absolute atomic E-state index is 14.2. The molecule has 57 heavy (non-hydrogen) atoms. The molecule has 4 rings (SSSR count). The Bertz CT molecular complexity index is 1620. The van der Waals surface area contributed by atoms with Gasteiger partial charge in [-0.3, -0.25) is 28.8 Å². The van der Waals surface area contributed by atoms with Gasteiger partial charge in [0.25, 0.3) is 0 Å². The number of aromatic hydroxyl groups is 1. The number of nitrogens with one attached hydrogen (secondary N) is 4. The number of hydrogen-bond acceptors (Lipinski definition) is 16. The van der Waals surface area contributed by atoms with Gasteiger partial charge >= 0.3 is 0 Å². The van der Waals surface area contributed by atoms with E-state index in [2.05, 4.69) is 28.2 Å². The Hall–Kier alpha value is -4.65. The van der Waals surface area contributed by atoms with Gasteiger partial charge in [0.05, 0.1) is 37.4 Å². The van der Waals surface area contributed by atoms with E-state index < -0.39 is 140 Å². The number of nitrogens with zero attached hydrogens (tertiary/aromatic N) is 2. The molecule has 16 N–H and O–H groups in total. The molecule has 22 nitrogen and oxygen atoms in total. The summed E-state index contributed by atoms with van der Waals surface area (Å²) >= 11 is 0. The summed E-state index contributed by atoms with van der Waals surface area (Å²) < 4.78 is 0. The predicted octanol–water partition coefficient (Wildman–Crippen LogP) is -7.33. The van der Waals surface area contributed by atoms with Crippen LogP contribution in [0, 0.1) is 6.92 Å². The lowest BCUT2D eigenvalue weighted by Gasteiger charge is -2.34. The highest BCUT2D eigenvalue weighted by atomic mass is 16.3. The van der Waals surface area contributed by atoms with Gasteiger partial charge in [0, 0.05) is 25.9 Å². The van der Waals surface area contributed by atoms with E-state index in [1.807, 2.05) is 0 Å². The van der Waals surface area contributed by atoms with Gasteiger partial charge in [-0.25, -0.2) is 0 Å². The van der Waals surface area contributed by atoms with E-state index in [4.69, 9.17) is 11.5 Å². The zero-order valence-corrected chi connectivity index (χ0v) is 31.1. The van der Waals surface area contributed by atoms with Crippen LogP contribution in [0.25, 0.3) is 0 Å². The van der Waals surface area contributed by atoms with Gasteiger partial charge in [0.1, 0.15) is 54.3 Å². The monoisotopic (exact) mass is 809 g/mol. The second-order valence-corrected chi connectivity index (χ2v) is 14.6. The zero-order chi connectivity index (χ0) is 42.5. The predicted molar refractivity (Wildman–Crippen MR) is 194 cm³/mol. The van der Waals surface area contributed by atoms with Crippen LogP contribution in [0.3, 0.4) is 0 Å². The number of phenolic OH excluding ortho intramolecular Hbond substituents is 1. The van der Waals surface area contributed by atoms with Crippen molar-refractivity contribution in [1.82, 2.24) is 31.1 Å². The molecule has 1 aromatic carbocycles. The van der Waals surface area contributed by atoms with Gasteiger partial charge in [-0.05, 0) is 44.0 Å². The van der Waals surface area contributed by atoms with Gasteiger partial charge in [-0.15, -0.1) is 0 Å². The summed E-state index contributed by atoms with van der Waals surface area (Å²) in [7, 11) is 0. The SMILES string of the molecule is [CH2+]C1NC(=O)C2C(O)CCN2C(=O)C(C(O)CCN)NC(=O)C(C(O)C(O)c2ccc(O)cc2)NC(=O)C2CC(O)CN2C(=O)C(C(C)O)NC(=O)C(N)CC1O. The highest BCUT2D eigenvalue weighted by Crippen LogP contribution is 2.26. The molecule has 0 radical (unpaired) electrons. The molecule has 3 aliphatic heterocycles. The number of fused-ring (bicyclic) bond motifs is 2. The molecule has 1 aromatic rings. The van der Waals surface area contributed by atoms with Crippen molar-refractivity contribution in [2.45, 2.75) is 118 Å². The number of aliphatic hydroxyl groups is 7. The first-order valence-corrected chi connectivity index (χ1v) is 18.4. The van der Waals surface area contributed by atoms with Gasteiger partial charge in [-0.1, -0.05) is 12.1 Å². The van der Waals surface area contributed by atoms with Crippen molar-refractivity contribution in [2.24, 2.45) is 11.5 Å². The van der Waals surface area contributed by atoms with Crippen molar-refractivity contribution >= 4 is 35.4 Å². The Morgan fingerprint density at radius 3 is 2.00 bits per heavy atom. The number of carbonyl (C=O) groups is 6. The first-order chi connectivity index (χ1) is 26.8. The third-order valence-electron chi connectivity index (χ3n) is 10.3. The molecule has 6 amide bonds. The molecule has 316 valence electrons. The van der Waals surface area contributed by atoms with Crippen LogP contribution in [0.15, 0.2) is 24.3 Å². The van der Waals surface area contributed by atoms with Crippen LogP contribution in [0.1, 0.15) is 44.3 Å². The molecule has 22 heteroatoms. The Morgan fingerprint density at radius 2 is 1.39 bits per heavy atom. The number of amides is 6. The average molecular weight is 810 g/mol. The summed E-state index contributed by atoms with van der Waals surface area (Å²) in [5, 5.41) is 95.4. The molecule has 3 aliphatic rings. The van der Waals surface area contributed by atoms with Crippen molar-refractivity contribution in [3.8, 4) is 5.75 Å². The van der Waals surface area contributed by atoms with E-state index in [1.54, 1.807) is 0 Å². The minimum atomic E-state index is -2.24. The number of benzene rings is 1. The molecular formula is C35H53N8O14+. The molecule has 14 atom stereocenters. The Kier molecular flexibility index (Phi) is 15.2. The van der Waals surface area contributed by atoms with E-state index in [9.17, 15) is 69.6 Å². The third-order valence-corrected chi connectivity index (χ3v) is 10.3. The summed E-state index contributed by atoms with van der Waals surface area (Å²) in [5.41, 5.74) is 11.6. The lowest BCUT2D eigenvalue weighted by molar-refractivity contribution is -0.148. The van der Waals surface area contributed by atoms with E-state index in [0.717, 1.165) is 16.7 Å². The smallest absolute Gasteiger partial charge is 0.248 e. The van der Waals surface area contributed by atoms with Crippen molar-refractivity contribution in [3.63, 3.8) is 0 Å². The molecule has 3 saturated heterocycles. The van der Waals surface area contributed by atoms with Crippen LogP contribution < -0.4 is 32.7 Å². The van der Waals surface area contributed by atoms with Crippen molar-refractivity contribution in [1.29, 1.82) is 0 Å². The number of hydrogen-bond donors (Lipinski definition) is 14. The molecular weight excluding hydrogens is 756 g/mol. The maximum Gasteiger partial charge on any atom is 0.248 e. The van der Waals surface area contributed by atoms with Crippen LogP contribution in [0.4, 0.5) is 0 Å². The second-order valence-electron chi connectivity index (χ2n) is 14.6. The van der Waals surface area contributed by atoms with Crippen molar-refractivity contribution < 1.29 is 69.6 Å². The lowest BCUT2D eigenvalue weighted by Crippen LogP contribution is -2.64. The summed E-state index contributed by atoms with van der Waals surface area (Å²) in [6, 6.07) is -7.37. The molecule has 0 aromatic heterocycles. The molecule has 0 spiro atoms. The first kappa shape index (κ1) is 45.1. The third kappa shape index (κ3) is 10.5. The van der Waals surface area contributed by atoms with Crippen molar-refractivity contribution in [3.05, 3.63) is 36.8 Å². The molecule has 0 bridgehead atoms. The fourth-order valence-electron chi connectivity index (χ4n) is 7.06. The van der Waals surface area contributed by atoms with Crippen LogP contribution >= 0.6 is 0 Å². The second kappa shape index (κ2) is 19.2. The fraction of sp³-hybridized carbons (Fsp3) is 0.629. The highest BCUT2D eigenvalue weighted by molar-refractivity contribution is 5.98. The number of phenols is 1. The van der Waals surface area contributed by atoms with Crippen LogP contribution in [0.2, 0.25) is 0 Å². The standard InChI is InChI=1S/C35H52N8O14/c1-14-23(49)12-19(37)30(52)39-24(15(2)44)34(56)43-13-18(46)11-20(43)31(53)41-26(29(51)28(50)16-3-5-17(45)6-4-16)32(54)40-25(21(47)7-9-36)35(57)42-10-8-22(48)27(42)33(55)38-14/h3-6,14-15,18-29,44,46-51H,1,7-13,36-37H2,2H3,(H4-,38,39,40,41,45,52,53,54,55)/p+1. The molecule has 3 fully saturated rings. The largest absolute Gasteiger partial charge is 0.508 e. The van der Waals surface area contributed by atoms with E-state index in [-0.39, 0.29) is 37.2 Å². The van der Waals surface area contributed by atoms with E-state index in [1.165, 1.54) is 24.3 Å². The lowest BCUT2D eigenvalue weighted by atomic mass is 9.96. The van der Waals surface area contributed by atoms with E-state index >= 15 is 0 Å². The first-order valence-electron chi connectivity index (χ1n) is 18.4. The zero-order valence-electron chi connectivity index (χ0n) is 31.1. The summed E-state index contributed by atoms with van der Waals surface area (Å²) in [4.78, 5) is 84.5. The van der Waals surface area contributed by atoms with Gasteiger partial charge in [-0.2, -0.15) is 0 Å². The van der Waals surface area contributed by atoms with Gasteiger partial charge < -0.3 is 83.4 Å². The van der Waals surface area contributed by atoms with E-state index in [0.29, 0.717) is 0 Å². The van der Waals surface area contributed by atoms with Crippen LogP contribution in [-0.4, -0.2) is 185 Å². The van der Waals surface area contributed by atoms with Crippen molar-refractivity contribution in [2.75, 3.05) is 19.6 Å². The Balaban J connectivity index is 1.81. The normalized spacial score (nSPS) is 33.4. The van der Waals surface area contributed by atoms with Crippen LogP contribution in [0.5, 0.6) is 5.75 Å². The highest BCUT2D eigenvalue weighted by Gasteiger charge is 2.48. The van der Waals surface area contributed by atoms with Gasteiger partial charge in [0.2, 0.25) is 35.4 Å². The van der Waals surface area contributed by atoms with Gasteiger partial charge in [0.15, 0.2) is 6.04 Å². The molecule has 3 heterocycles. The summed E-state index contributed by atoms with van der Waals surface area (Å²) in [6.45, 7) is 3.84. The number of rotatable bonds is 7. The Labute approximate surface area is 327 Å². The molecule has 0 saturated carbocycles.